The van der Waals surface area contributed by atoms with E-state index in [2.05, 4.69) is 77.6 Å². The van der Waals surface area contributed by atoms with Gasteiger partial charge in [-0.15, -0.1) is 0 Å². The van der Waals surface area contributed by atoms with Crippen molar-refractivity contribution in [2.24, 2.45) is 0 Å². The molecule has 112 valence electrons. The molecule has 4 aromatic rings. The lowest BCUT2D eigenvalue weighted by atomic mass is 9.95. The van der Waals surface area contributed by atoms with E-state index in [0.717, 1.165) is 6.42 Å². The first-order chi connectivity index (χ1) is 10.9. The highest BCUT2D eigenvalue weighted by Crippen LogP contribution is 2.39. The summed E-state index contributed by atoms with van der Waals surface area (Å²) in [6, 6.07) is 21.9. The standard InChI is InChI=1S/C21H16N.HI/c1-4-13-22(14-5-1)21-18-9-3-2-8-16(18)17-12-11-15-7-6-10-19(21)20(15)17;/h1-10,13-14H,11-12H2;1H/q+1;/p-1. The summed E-state index contributed by atoms with van der Waals surface area (Å²) in [4.78, 5) is 0. The van der Waals surface area contributed by atoms with Gasteiger partial charge in [0.1, 0.15) is 0 Å². The first-order valence-corrected chi connectivity index (χ1v) is 7.85. The van der Waals surface area contributed by atoms with Crippen molar-refractivity contribution in [1.29, 1.82) is 0 Å². The lowest BCUT2D eigenvalue weighted by Crippen LogP contribution is -3.00. The van der Waals surface area contributed by atoms with Gasteiger partial charge in [-0.05, 0) is 46.9 Å². The van der Waals surface area contributed by atoms with Crippen LogP contribution in [0, 0.1) is 0 Å². The van der Waals surface area contributed by atoms with Crippen molar-refractivity contribution in [3.8, 4) is 5.69 Å². The number of hydrogen-bond donors (Lipinski definition) is 0. The number of fused-ring (bicyclic) bond motifs is 2. The second-order valence-corrected chi connectivity index (χ2v) is 6.00. The van der Waals surface area contributed by atoms with Crippen LogP contribution in [0.15, 0.2) is 73.1 Å². The SMILES string of the molecule is [I-].c1cc[n+](-c2c3ccccc3c3c4c(cccc24)CC3)cc1. The van der Waals surface area contributed by atoms with Gasteiger partial charge in [0.15, 0.2) is 12.4 Å². The molecule has 0 radical (unpaired) electrons. The van der Waals surface area contributed by atoms with Crippen LogP contribution in [0.4, 0.5) is 0 Å². The second-order valence-electron chi connectivity index (χ2n) is 6.00. The molecule has 0 spiro atoms. The summed E-state index contributed by atoms with van der Waals surface area (Å²) in [6.07, 6.45) is 6.62. The molecule has 0 aliphatic heterocycles. The third-order valence-electron chi connectivity index (χ3n) is 4.83. The Hall–Kier alpha value is -1.94. The van der Waals surface area contributed by atoms with Crippen LogP contribution >= 0.6 is 0 Å². The zero-order chi connectivity index (χ0) is 14.5. The Kier molecular flexibility index (Phi) is 3.57. The smallest absolute Gasteiger partial charge is 0.226 e. The first-order valence-electron chi connectivity index (χ1n) is 7.85. The van der Waals surface area contributed by atoms with Crippen molar-refractivity contribution in [2.45, 2.75) is 12.8 Å². The third-order valence-corrected chi connectivity index (χ3v) is 4.83. The van der Waals surface area contributed by atoms with E-state index < -0.39 is 0 Å². The molecule has 0 saturated carbocycles. The molecular weight excluding hydrogens is 393 g/mol. The maximum absolute atomic E-state index is 2.28. The summed E-state index contributed by atoms with van der Waals surface area (Å²) >= 11 is 0. The van der Waals surface area contributed by atoms with E-state index >= 15 is 0 Å². The molecule has 1 aromatic heterocycles. The van der Waals surface area contributed by atoms with E-state index in [0.29, 0.717) is 0 Å². The fraction of sp³-hybridized carbons (Fsp3) is 0.0952. The lowest BCUT2D eigenvalue weighted by molar-refractivity contribution is -0.592. The molecule has 23 heavy (non-hydrogen) atoms. The van der Waals surface area contributed by atoms with Gasteiger partial charge < -0.3 is 24.0 Å². The Balaban J connectivity index is 0.00000135. The van der Waals surface area contributed by atoms with Gasteiger partial charge in [0, 0.05) is 12.1 Å². The van der Waals surface area contributed by atoms with E-state index in [1.165, 1.54) is 44.8 Å². The number of nitrogens with zero attached hydrogens (tertiary/aromatic N) is 1. The predicted octanol–water partition coefficient (Wildman–Crippen LogP) is 1.37. The summed E-state index contributed by atoms with van der Waals surface area (Å²) < 4.78 is 2.25. The molecule has 1 heterocycles. The van der Waals surface area contributed by atoms with Crippen LogP contribution in [0.2, 0.25) is 0 Å². The van der Waals surface area contributed by atoms with Crippen molar-refractivity contribution >= 4 is 21.5 Å². The normalized spacial score (nSPS) is 12.5. The fourth-order valence-electron chi connectivity index (χ4n) is 3.94. The first kappa shape index (κ1) is 14.6. The molecule has 0 fully saturated rings. The Morgan fingerprint density at radius 3 is 2.22 bits per heavy atom. The van der Waals surface area contributed by atoms with Crippen LogP contribution in [0.1, 0.15) is 11.1 Å². The molecule has 3 aromatic carbocycles. The number of pyridine rings is 1. The fourth-order valence-corrected chi connectivity index (χ4v) is 3.94. The Morgan fingerprint density at radius 1 is 0.652 bits per heavy atom. The lowest BCUT2D eigenvalue weighted by Gasteiger charge is -2.10. The third kappa shape index (κ3) is 2.08. The highest BCUT2D eigenvalue weighted by Gasteiger charge is 2.24. The predicted molar refractivity (Wildman–Crippen MR) is 90.4 cm³/mol. The van der Waals surface area contributed by atoms with E-state index in [4.69, 9.17) is 0 Å². The van der Waals surface area contributed by atoms with Gasteiger partial charge in [-0.2, -0.15) is 4.57 Å². The van der Waals surface area contributed by atoms with Crippen LogP contribution in [0.3, 0.4) is 0 Å². The highest BCUT2D eigenvalue weighted by molar-refractivity contribution is 6.10. The van der Waals surface area contributed by atoms with E-state index in [1.807, 2.05) is 0 Å². The van der Waals surface area contributed by atoms with Crippen molar-refractivity contribution in [3.05, 3.63) is 84.2 Å². The number of aryl methyl sites for hydroxylation is 2. The van der Waals surface area contributed by atoms with Crippen LogP contribution in [-0.4, -0.2) is 0 Å². The van der Waals surface area contributed by atoms with Gasteiger partial charge in [-0.25, -0.2) is 0 Å². The number of hydrogen-bond acceptors (Lipinski definition) is 0. The van der Waals surface area contributed by atoms with E-state index in [1.54, 1.807) is 0 Å². The average Bonchev–Trinajstić information content (AvgIpc) is 3.02. The molecule has 1 nitrogen and oxygen atoms in total. The van der Waals surface area contributed by atoms with Crippen LogP contribution < -0.4 is 28.5 Å². The molecule has 0 unspecified atom stereocenters. The Morgan fingerprint density at radius 2 is 1.39 bits per heavy atom. The van der Waals surface area contributed by atoms with E-state index in [9.17, 15) is 0 Å². The molecule has 1 aliphatic rings. The molecule has 5 rings (SSSR count). The number of rotatable bonds is 1. The Labute approximate surface area is 152 Å². The van der Waals surface area contributed by atoms with Gasteiger partial charge in [-0.1, -0.05) is 36.4 Å². The second kappa shape index (κ2) is 5.60. The molecule has 0 N–H and O–H groups in total. The summed E-state index contributed by atoms with van der Waals surface area (Å²) in [5.41, 5.74) is 4.33. The molecule has 1 aliphatic carbocycles. The minimum absolute atomic E-state index is 0. The van der Waals surface area contributed by atoms with Gasteiger partial charge in [-0.3, -0.25) is 0 Å². The van der Waals surface area contributed by atoms with Gasteiger partial charge >= 0.3 is 0 Å². The van der Waals surface area contributed by atoms with Gasteiger partial charge in [0.05, 0.1) is 10.8 Å². The molecule has 0 bridgehead atoms. The molecule has 0 atom stereocenters. The number of halogens is 1. The quantitative estimate of drug-likeness (QED) is 0.254. The van der Waals surface area contributed by atoms with Crippen molar-refractivity contribution in [2.75, 3.05) is 0 Å². The van der Waals surface area contributed by atoms with Gasteiger partial charge in [0.25, 0.3) is 0 Å². The van der Waals surface area contributed by atoms with Crippen LogP contribution in [0.5, 0.6) is 0 Å². The minimum Gasteiger partial charge on any atom is -1.00 e. The molecule has 0 amide bonds. The van der Waals surface area contributed by atoms with Crippen molar-refractivity contribution in [3.63, 3.8) is 0 Å². The summed E-state index contributed by atoms with van der Waals surface area (Å²) in [5.74, 6) is 0. The average molecular weight is 409 g/mol. The molecule has 2 heteroatoms. The topological polar surface area (TPSA) is 3.88 Å². The van der Waals surface area contributed by atoms with Gasteiger partial charge in [0.2, 0.25) is 5.69 Å². The van der Waals surface area contributed by atoms with Crippen molar-refractivity contribution in [1.82, 2.24) is 0 Å². The van der Waals surface area contributed by atoms with Crippen molar-refractivity contribution < 1.29 is 28.5 Å². The van der Waals surface area contributed by atoms with Crippen LogP contribution in [0.25, 0.3) is 27.2 Å². The minimum atomic E-state index is 0. The summed E-state index contributed by atoms with van der Waals surface area (Å²) in [7, 11) is 0. The molecular formula is C21H16IN. The largest absolute Gasteiger partial charge is 1.00 e. The zero-order valence-corrected chi connectivity index (χ0v) is 14.8. The number of aromatic nitrogens is 1. The Bertz CT molecular complexity index is 1020. The monoisotopic (exact) mass is 409 g/mol. The number of benzene rings is 3. The zero-order valence-electron chi connectivity index (χ0n) is 12.7. The van der Waals surface area contributed by atoms with E-state index in [-0.39, 0.29) is 24.0 Å². The molecule has 0 saturated heterocycles. The maximum Gasteiger partial charge on any atom is 0.226 e. The van der Waals surface area contributed by atoms with Crippen LogP contribution in [-0.2, 0) is 12.8 Å². The maximum atomic E-state index is 2.28. The highest BCUT2D eigenvalue weighted by atomic mass is 127. The summed E-state index contributed by atoms with van der Waals surface area (Å²) in [5, 5.41) is 5.61. The summed E-state index contributed by atoms with van der Waals surface area (Å²) in [6.45, 7) is 0.